The van der Waals surface area contributed by atoms with Crippen molar-refractivity contribution in [3.8, 4) is 0 Å². The minimum Gasteiger partial charge on any atom is -0.382 e. The first-order valence-electron chi connectivity index (χ1n) is 3.91. The average Bonchev–Trinajstić information content (AvgIpc) is 2.15. The van der Waals surface area contributed by atoms with E-state index in [1.165, 1.54) is 0 Å². The average molecular weight is 283 g/mol. The third kappa shape index (κ3) is 1.34. The molecule has 1 heterocycles. The number of pyridine rings is 1. The van der Waals surface area contributed by atoms with Crippen molar-refractivity contribution in [2.75, 3.05) is 5.73 Å². The van der Waals surface area contributed by atoms with Crippen molar-refractivity contribution in [2.45, 2.75) is 6.92 Å². The fraction of sp³-hybridized carbons (Fsp3) is 0.100. The summed E-state index contributed by atoms with van der Waals surface area (Å²) >= 11 is 2.21. The van der Waals surface area contributed by atoms with E-state index >= 15 is 0 Å². The molecule has 2 rings (SSSR count). The van der Waals surface area contributed by atoms with Crippen LogP contribution in [-0.4, -0.2) is 4.98 Å². The topological polar surface area (TPSA) is 38.9 Å². The molecular weight excluding hydrogens is 275 g/mol. The molecule has 1 aromatic rings. The third-order valence-corrected chi connectivity index (χ3v) is 3.14. The first kappa shape index (κ1) is 8.66. The Hall–Kier alpha value is -0.930. The lowest BCUT2D eigenvalue weighted by Gasteiger charge is -2.04. The maximum atomic E-state index is 5.75. The molecule has 1 aliphatic carbocycles. The molecule has 0 aromatic carbocycles. The van der Waals surface area contributed by atoms with Crippen LogP contribution < -0.4 is 5.73 Å². The van der Waals surface area contributed by atoms with Crippen LogP contribution in [-0.2, 0) is 0 Å². The maximum absolute atomic E-state index is 5.75. The number of fused-ring (bicyclic) bond motifs is 1. The van der Waals surface area contributed by atoms with Crippen molar-refractivity contribution < 1.29 is 0 Å². The Morgan fingerprint density at radius 2 is 2.23 bits per heavy atom. The Morgan fingerprint density at radius 1 is 1.46 bits per heavy atom. The highest BCUT2D eigenvalue weighted by Crippen LogP contribution is 2.27. The number of halogens is 1. The molecule has 1 aromatic heterocycles. The zero-order chi connectivity index (χ0) is 9.42. The second kappa shape index (κ2) is 3.09. The van der Waals surface area contributed by atoms with E-state index in [2.05, 4.69) is 33.7 Å². The summed E-state index contributed by atoms with van der Waals surface area (Å²) < 4.78 is 1.01. The summed E-state index contributed by atoms with van der Waals surface area (Å²) in [5, 5.41) is 0. The van der Waals surface area contributed by atoms with E-state index in [1.54, 1.807) is 0 Å². The molecule has 0 aliphatic heterocycles. The summed E-state index contributed by atoms with van der Waals surface area (Å²) in [5.74, 6) is 0.602. The van der Waals surface area contributed by atoms with Gasteiger partial charge in [-0.1, -0.05) is 0 Å². The zero-order valence-corrected chi connectivity index (χ0v) is 9.29. The van der Waals surface area contributed by atoms with E-state index in [0.717, 1.165) is 20.4 Å². The summed E-state index contributed by atoms with van der Waals surface area (Å²) in [6.45, 7) is 1.97. The molecule has 0 saturated carbocycles. The molecule has 0 radical (unpaired) electrons. The number of rotatable bonds is 0. The summed E-state index contributed by atoms with van der Waals surface area (Å²) in [4.78, 5) is 4.26. The van der Waals surface area contributed by atoms with Gasteiger partial charge in [0.2, 0.25) is 0 Å². The fourth-order valence-electron chi connectivity index (χ4n) is 1.36. The van der Waals surface area contributed by atoms with Crippen molar-refractivity contribution in [3.05, 3.63) is 32.5 Å². The van der Waals surface area contributed by atoms with Gasteiger partial charge in [0.15, 0.2) is 5.82 Å². The van der Waals surface area contributed by atoms with Crippen molar-refractivity contribution in [1.82, 2.24) is 4.98 Å². The van der Waals surface area contributed by atoms with E-state index in [-0.39, 0.29) is 0 Å². The largest absolute Gasteiger partial charge is 0.382 e. The molecule has 0 bridgehead atoms. The lowest BCUT2D eigenvalue weighted by atomic mass is 10.0. The Bertz CT molecular complexity index is 419. The summed E-state index contributed by atoms with van der Waals surface area (Å²) in [7, 11) is 0. The Kier molecular flexibility index (Phi) is 2.06. The molecule has 2 N–H and O–H groups in total. The van der Waals surface area contributed by atoms with E-state index in [9.17, 15) is 0 Å². The van der Waals surface area contributed by atoms with Crippen LogP contribution >= 0.6 is 22.6 Å². The van der Waals surface area contributed by atoms with Gasteiger partial charge in [-0.05, 0) is 29.5 Å². The minimum absolute atomic E-state index is 0.602. The normalized spacial score (nSPS) is 12.5. The zero-order valence-electron chi connectivity index (χ0n) is 7.13. The van der Waals surface area contributed by atoms with Crippen LogP contribution in [0.5, 0.6) is 0 Å². The molecule has 0 amide bonds. The lowest BCUT2D eigenvalue weighted by molar-refractivity contribution is 1.18. The van der Waals surface area contributed by atoms with Crippen LogP contribution in [0.1, 0.15) is 16.8 Å². The predicted octanol–water partition coefficient (Wildman–Crippen LogP) is 2.42. The first-order chi connectivity index (χ1) is 6.20. The first-order valence-corrected chi connectivity index (χ1v) is 4.99. The van der Waals surface area contributed by atoms with Gasteiger partial charge in [-0.3, -0.25) is 0 Å². The minimum atomic E-state index is 0.602. The molecule has 64 valence electrons. The number of aryl methyl sites for hydroxylation is 1. The quantitative estimate of drug-likeness (QED) is 0.586. The fourth-order valence-corrected chi connectivity index (χ4v) is 1.92. The van der Waals surface area contributed by atoms with Gasteiger partial charge < -0.3 is 5.73 Å². The van der Waals surface area contributed by atoms with Crippen LogP contribution in [0.4, 0.5) is 5.82 Å². The van der Waals surface area contributed by atoms with Gasteiger partial charge in [-0.2, -0.15) is 0 Å². The van der Waals surface area contributed by atoms with Gasteiger partial charge in [0.25, 0.3) is 0 Å². The van der Waals surface area contributed by atoms with Crippen molar-refractivity contribution in [1.29, 1.82) is 0 Å². The molecule has 1 aliphatic rings. The lowest BCUT2D eigenvalue weighted by Crippen LogP contribution is -2.03. The van der Waals surface area contributed by atoms with Crippen molar-refractivity contribution in [3.63, 3.8) is 0 Å². The highest BCUT2D eigenvalue weighted by molar-refractivity contribution is 14.1. The maximum Gasteiger partial charge on any atom is 0.151 e. The molecule has 0 fully saturated rings. The summed E-state index contributed by atoms with van der Waals surface area (Å²) in [5.41, 5.74) is 9.01. The Balaban J connectivity index is 2.79. The molecule has 0 unspecified atom stereocenters. The van der Waals surface area contributed by atoms with Crippen LogP contribution in [0.25, 0.3) is 12.2 Å². The summed E-state index contributed by atoms with van der Waals surface area (Å²) in [6, 6.07) is 0. The number of nitrogens with two attached hydrogens (primary N) is 1. The van der Waals surface area contributed by atoms with Gasteiger partial charge in [-0.15, -0.1) is 0 Å². The number of nitrogens with zero attached hydrogens (tertiary/aromatic N) is 1. The van der Waals surface area contributed by atoms with E-state index in [0.29, 0.717) is 5.82 Å². The number of anilines is 1. The second-order valence-corrected chi connectivity index (χ2v) is 3.95. The number of nitrogen functional groups attached to an aromatic ring is 1. The van der Waals surface area contributed by atoms with Gasteiger partial charge in [0.05, 0.1) is 11.8 Å². The van der Waals surface area contributed by atoms with Crippen LogP contribution in [0, 0.1) is 16.6 Å². The molecule has 13 heavy (non-hydrogen) atoms. The number of hydrogen-bond donors (Lipinski definition) is 1. The molecule has 0 saturated heterocycles. The van der Waals surface area contributed by atoms with Gasteiger partial charge in [0.1, 0.15) is 26.8 Å². The third-order valence-electron chi connectivity index (χ3n) is 2.00. The van der Waals surface area contributed by atoms with E-state index < -0.39 is 0 Å². The Morgan fingerprint density at radius 3 is 3.00 bits per heavy atom. The highest BCUT2D eigenvalue weighted by atomic mass is 127. The van der Waals surface area contributed by atoms with Gasteiger partial charge in [0, 0.05) is 6.08 Å². The predicted molar refractivity (Wildman–Crippen MR) is 62.8 cm³/mol. The standard InChI is InChI=1S/C10H8IN2/c1-6-7-4-2-3-5-8(7)9(11)10(12)13-6/h2,4-5H,1H3,(H2,12,13)/q+1. The van der Waals surface area contributed by atoms with Crippen molar-refractivity contribution in [2.24, 2.45) is 0 Å². The van der Waals surface area contributed by atoms with E-state index in [4.69, 9.17) is 5.73 Å². The SMILES string of the molecule is Cc1nc(N)c(I)c2c1C=C[C+]=C2. The monoisotopic (exact) mass is 283 g/mol. The van der Waals surface area contributed by atoms with Gasteiger partial charge >= 0.3 is 0 Å². The highest BCUT2D eigenvalue weighted by Gasteiger charge is 2.19. The number of allylic oxidation sites excluding steroid dienone is 2. The van der Waals surface area contributed by atoms with E-state index in [1.807, 2.05) is 25.2 Å². The molecule has 3 heteroatoms. The molecule has 0 atom stereocenters. The molecule has 0 spiro atoms. The van der Waals surface area contributed by atoms with Crippen molar-refractivity contribution >= 4 is 40.6 Å². The Labute approximate surface area is 90.7 Å². The molecular formula is C10H8IN2+. The summed E-state index contributed by atoms with van der Waals surface area (Å²) in [6.07, 6.45) is 8.89. The van der Waals surface area contributed by atoms with Crippen LogP contribution in [0.15, 0.2) is 6.08 Å². The second-order valence-electron chi connectivity index (χ2n) is 2.87. The number of hydrogen-bond acceptors (Lipinski definition) is 2. The smallest absolute Gasteiger partial charge is 0.151 e. The molecule has 2 nitrogen and oxygen atoms in total. The van der Waals surface area contributed by atoms with Crippen LogP contribution in [0.3, 0.4) is 0 Å². The van der Waals surface area contributed by atoms with Crippen LogP contribution in [0.2, 0.25) is 0 Å². The number of aromatic nitrogens is 1. The van der Waals surface area contributed by atoms with Gasteiger partial charge in [-0.25, -0.2) is 4.98 Å².